The summed E-state index contributed by atoms with van der Waals surface area (Å²) < 4.78 is 46.5. The average Bonchev–Trinajstić information content (AvgIpc) is 3.25. The summed E-state index contributed by atoms with van der Waals surface area (Å²) in [6, 6.07) is 15.3. The van der Waals surface area contributed by atoms with Gasteiger partial charge in [-0.15, -0.1) is 13.2 Å². The highest BCUT2D eigenvalue weighted by atomic mass is 35.5. The van der Waals surface area contributed by atoms with Gasteiger partial charge in [0.2, 0.25) is 0 Å². The number of piperazine rings is 1. The second kappa shape index (κ2) is 10.5. The Hall–Kier alpha value is -2.75. The lowest BCUT2D eigenvalue weighted by atomic mass is 10.1. The first-order valence-corrected chi connectivity index (χ1v) is 11.0. The highest BCUT2D eigenvalue weighted by molar-refractivity contribution is 6.30. The van der Waals surface area contributed by atoms with Gasteiger partial charge in [0.1, 0.15) is 11.4 Å². The van der Waals surface area contributed by atoms with Gasteiger partial charge in [-0.25, -0.2) is 0 Å². The number of hydrogen-bond donors (Lipinski definition) is 1. The van der Waals surface area contributed by atoms with Crippen molar-refractivity contribution in [2.45, 2.75) is 12.9 Å². The molecule has 4 rings (SSSR count). The molecule has 176 valence electrons. The zero-order valence-electron chi connectivity index (χ0n) is 17.8. The number of nitrogens with one attached hydrogen (secondary N) is 1. The van der Waals surface area contributed by atoms with Crippen molar-refractivity contribution in [2.75, 3.05) is 44.2 Å². The summed E-state index contributed by atoms with van der Waals surface area (Å²) in [7, 11) is 0. The number of ether oxygens (including phenoxy) is 1. The van der Waals surface area contributed by atoms with Gasteiger partial charge in [0.25, 0.3) is 0 Å². The molecule has 6 nitrogen and oxygen atoms in total. The van der Waals surface area contributed by atoms with Gasteiger partial charge < -0.3 is 19.5 Å². The molecule has 1 saturated heterocycles. The second-order valence-corrected chi connectivity index (χ2v) is 8.18. The molecular formula is C23H24ClF3N4O2. The molecule has 1 aliphatic rings. The van der Waals surface area contributed by atoms with Crippen molar-refractivity contribution < 1.29 is 22.4 Å². The van der Waals surface area contributed by atoms with Crippen LogP contribution < -0.4 is 15.0 Å². The number of hydrogen-bond acceptors (Lipinski definition) is 6. The summed E-state index contributed by atoms with van der Waals surface area (Å²) in [6.45, 7) is 6.00. The predicted octanol–water partition coefficient (Wildman–Crippen LogP) is 4.81. The van der Waals surface area contributed by atoms with Crippen molar-refractivity contribution >= 4 is 17.3 Å². The van der Waals surface area contributed by atoms with E-state index < -0.39 is 6.36 Å². The van der Waals surface area contributed by atoms with Crippen molar-refractivity contribution in [2.24, 2.45) is 0 Å². The Morgan fingerprint density at radius 2 is 1.82 bits per heavy atom. The van der Waals surface area contributed by atoms with E-state index >= 15 is 0 Å². The molecule has 0 unspecified atom stereocenters. The second-order valence-electron chi connectivity index (χ2n) is 7.74. The van der Waals surface area contributed by atoms with Gasteiger partial charge >= 0.3 is 6.36 Å². The van der Waals surface area contributed by atoms with Crippen LogP contribution in [0.15, 0.2) is 59.1 Å². The van der Waals surface area contributed by atoms with E-state index in [2.05, 4.69) is 31.1 Å². The number of rotatable bonds is 8. The van der Waals surface area contributed by atoms with Gasteiger partial charge in [-0.3, -0.25) is 4.90 Å². The molecule has 0 aliphatic carbocycles. The quantitative estimate of drug-likeness (QED) is 0.467. The Labute approximate surface area is 194 Å². The summed E-state index contributed by atoms with van der Waals surface area (Å²) in [5.41, 5.74) is 2.10. The van der Waals surface area contributed by atoms with Crippen molar-refractivity contribution in [3.63, 3.8) is 0 Å². The van der Waals surface area contributed by atoms with E-state index in [1.54, 1.807) is 12.1 Å². The normalized spacial score (nSPS) is 15.1. The zero-order chi connectivity index (χ0) is 23.3. The molecule has 0 spiro atoms. The largest absolute Gasteiger partial charge is 0.573 e. The summed E-state index contributed by atoms with van der Waals surface area (Å²) >= 11 is 6.09. The highest BCUT2D eigenvalue weighted by Gasteiger charge is 2.31. The van der Waals surface area contributed by atoms with Crippen LogP contribution in [0.1, 0.15) is 5.76 Å². The van der Waals surface area contributed by atoms with Crippen LogP contribution in [-0.4, -0.2) is 55.7 Å². The van der Waals surface area contributed by atoms with Gasteiger partial charge in [-0.05, 0) is 30.3 Å². The molecule has 0 amide bonds. The number of anilines is 1. The van der Waals surface area contributed by atoms with E-state index in [4.69, 9.17) is 16.1 Å². The fourth-order valence-corrected chi connectivity index (χ4v) is 3.92. The summed E-state index contributed by atoms with van der Waals surface area (Å²) in [5, 5.41) is 8.03. The molecule has 2 heterocycles. The number of nitrogens with zero attached hydrogens (tertiary/aromatic N) is 3. The summed E-state index contributed by atoms with van der Waals surface area (Å²) in [5.74, 6) is 0.316. The molecule has 1 aromatic heterocycles. The Kier molecular flexibility index (Phi) is 7.42. The molecule has 0 radical (unpaired) electrons. The van der Waals surface area contributed by atoms with Crippen LogP contribution in [0.2, 0.25) is 5.02 Å². The number of halogens is 4. The predicted molar refractivity (Wildman–Crippen MR) is 120 cm³/mol. The van der Waals surface area contributed by atoms with E-state index in [-0.39, 0.29) is 5.75 Å². The van der Waals surface area contributed by atoms with Crippen molar-refractivity contribution in [3.05, 3.63) is 65.4 Å². The molecule has 1 fully saturated rings. The maximum absolute atomic E-state index is 12.4. The van der Waals surface area contributed by atoms with E-state index in [1.807, 2.05) is 18.2 Å². The van der Waals surface area contributed by atoms with Crippen LogP contribution in [0.5, 0.6) is 5.75 Å². The molecule has 1 N–H and O–H groups in total. The Balaban J connectivity index is 1.20. The minimum Gasteiger partial charge on any atom is -0.406 e. The van der Waals surface area contributed by atoms with Crippen molar-refractivity contribution in [3.8, 4) is 17.0 Å². The number of benzene rings is 2. The Morgan fingerprint density at radius 3 is 2.58 bits per heavy atom. The van der Waals surface area contributed by atoms with Gasteiger partial charge in [0.15, 0.2) is 5.76 Å². The van der Waals surface area contributed by atoms with Crippen LogP contribution >= 0.6 is 11.6 Å². The molecular weight excluding hydrogens is 457 g/mol. The molecule has 0 saturated carbocycles. The monoisotopic (exact) mass is 480 g/mol. The first kappa shape index (κ1) is 23.4. The topological polar surface area (TPSA) is 53.8 Å². The molecule has 0 bridgehead atoms. The Morgan fingerprint density at radius 1 is 1.03 bits per heavy atom. The van der Waals surface area contributed by atoms with Crippen molar-refractivity contribution in [1.82, 2.24) is 15.4 Å². The minimum atomic E-state index is -4.74. The molecule has 3 aromatic rings. The molecule has 10 heteroatoms. The van der Waals surface area contributed by atoms with Crippen LogP contribution in [0, 0.1) is 0 Å². The third-order valence-electron chi connectivity index (χ3n) is 5.37. The SMILES string of the molecule is FC(F)(F)Oc1cccc(-c2cc(CNCCN3CCN(c4cccc(Cl)c4)CC3)on2)c1. The lowest BCUT2D eigenvalue weighted by Gasteiger charge is -2.36. The zero-order valence-corrected chi connectivity index (χ0v) is 18.6. The minimum absolute atomic E-state index is 0.293. The van der Waals surface area contributed by atoms with Crippen LogP contribution in [-0.2, 0) is 6.54 Å². The van der Waals surface area contributed by atoms with Gasteiger partial charge in [0, 0.05) is 61.6 Å². The van der Waals surface area contributed by atoms with E-state index in [1.165, 1.54) is 18.2 Å². The molecule has 0 atom stereocenters. The average molecular weight is 481 g/mol. The fraction of sp³-hybridized carbons (Fsp3) is 0.348. The third-order valence-corrected chi connectivity index (χ3v) is 5.61. The smallest absolute Gasteiger partial charge is 0.406 e. The van der Waals surface area contributed by atoms with Gasteiger partial charge in [0.05, 0.1) is 6.54 Å². The first-order valence-electron chi connectivity index (χ1n) is 10.6. The van der Waals surface area contributed by atoms with Gasteiger partial charge in [-0.1, -0.05) is 35.0 Å². The standard InChI is InChI=1S/C23H24ClF3N4O2/c24-18-4-2-5-19(14-18)31-11-9-30(10-12-31)8-7-28-16-21-15-22(29-33-21)17-3-1-6-20(13-17)32-23(25,26)27/h1-6,13-15,28H,7-12,16H2. The Bertz CT molecular complexity index is 1050. The fourth-order valence-electron chi connectivity index (χ4n) is 3.74. The van der Waals surface area contributed by atoms with Gasteiger partial charge in [-0.2, -0.15) is 0 Å². The van der Waals surface area contributed by atoms with E-state index in [9.17, 15) is 13.2 Å². The molecule has 1 aliphatic heterocycles. The maximum atomic E-state index is 12.4. The van der Waals surface area contributed by atoms with Crippen LogP contribution in [0.25, 0.3) is 11.3 Å². The summed E-state index contributed by atoms with van der Waals surface area (Å²) in [4.78, 5) is 4.73. The van der Waals surface area contributed by atoms with E-state index in [0.717, 1.165) is 50.0 Å². The first-order chi connectivity index (χ1) is 15.9. The molecule has 2 aromatic carbocycles. The lowest BCUT2D eigenvalue weighted by molar-refractivity contribution is -0.274. The van der Waals surface area contributed by atoms with E-state index in [0.29, 0.717) is 23.6 Å². The number of alkyl halides is 3. The van der Waals surface area contributed by atoms with Crippen LogP contribution in [0.4, 0.5) is 18.9 Å². The van der Waals surface area contributed by atoms with Crippen molar-refractivity contribution in [1.29, 1.82) is 0 Å². The molecule has 33 heavy (non-hydrogen) atoms. The lowest BCUT2D eigenvalue weighted by Crippen LogP contribution is -2.48. The maximum Gasteiger partial charge on any atom is 0.573 e. The highest BCUT2D eigenvalue weighted by Crippen LogP contribution is 2.28. The number of aromatic nitrogens is 1. The van der Waals surface area contributed by atoms with Crippen LogP contribution in [0.3, 0.4) is 0 Å². The summed E-state index contributed by atoms with van der Waals surface area (Å²) in [6.07, 6.45) is -4.74. The third kappa shape index (κ3) is 6.86.